The lowest BCUT2D eigenvalue weighted by Gasteiger charge is -2.25. The van der Waals surface area contributed by atoms with Crippen LogP contribution in [0.3, 0.4) is 0 Å². The van der Waals surface area contributed by atoms with E-state index in [0.717, 1.165) is 10.3 Å². The highest BCUT2D eigenvalue weighted by Crippen LogP contribution is 2.27. The number of hydrogen-bond acceptors (Lipinski definition) is 5. The number of hydrogen-bond donors (Lipinski definition) is 0. The molecule has 2 aromatic rings. The molecule has 0 N–H and O–H groups in total. The van der Waals surface area contributed by atoms with Crippen molar-refractivity contribution in [2.45, 2.75) is 39.5 Å². The highest BCUT2D eigenvalue weighted by atomic mass is 35.5. The number of fused-ring (bicyclic) bond motifs is 1. The molecule has 0 radical (unpaired) electrons. The number of para-hydroxylation sites is 2. The standard InChI is InChI=1S/C18H28ClN3O3SSi/c1-14(2)12-26(23,24)22(13-25-10-11-27(3,4)5)18-17(19)20-15-8-6-7-9-16(15)21-18/h6-9,14H,10-13H2,1-5H3. The molecule has 0 amide bonds. The number of aromatic nitrogens is 2. The summed E-state index contributed by atoms with van der Waals surface area (Å²) in [4.78, 5) is 8.76. The van der Waals surface area contributed by atoms with Gasteiger partial charge in [-0.3, -0.25) is 0 Å². The van der Waals surface area contributed by atoms with Crippen LogP contribution in [0.1, 0.15) is 13.8 Å². The van der Waals surface area contributed by atoms with Crippen LogP contribution in [0.25, 0.3) is 11.0 Å². The van der Waals surface area contributed by atoms with Gasteiger partial charge in [0.1, 0.15) is 6.73 Å². The smallest absolute Gasteiger partial charge is 0.238 e. The summed E-state index contributed by atoms with van der Waals surface area (Å²) in [5.74, 6) is 0.0607. The van der Waals surface area contributed by atoms with Crippen LogP contribution >= 0.6 is 11.6 Å². The van der Waals surface area contributed by atoms with Gasteiger partial charge in [-0.2, -0.15) is 0 Å². The zero-order valence-corrected chi connectivity index (χ0v) is 19.1. The average Bonchev–Trinajstić information content (AvgIpc) is 2.52. The van der Waals surface area contributed by atoms with E-state index in [2.05, 4.69) is 29.6 Å². The van der Waals surface area contributed by atoms with Gasteiger partial charge in [0.05, 0.1) is 16.8 Å². The number of halogens is 1. The Morgan fingerprint density at radius 2 is 1.74 bits per heavy atom. The molecule has 1 heterocycles. The highest BCUT2D eigenvalue weighted by molar-refractivity contribution is 7.92. The predicted octanol–water partition coefficient (Wildman–Crippen LogP) is 4.39. The molecule has 150 valence electrons. The zero-order valence-electron chi connectivity index (χ0n) is 16.6. The average molecular weight is 430 g/mol. The van der Waals surface area contributed by atoms with Gasteiger partial charge in [-0.1, -0.05) is 57.2 Å². The van der Waals surface area contributed by atoms with E-state index in [1.54, 1.807) is 12.1 Å². The Kier molecular flexibility index (Phi) is 7.24. The number of ether oxygens (including phenoxy) is 1. The molecule has 0 saturated carbocycles. The van der Waals surface area contributed by atoms with Crippen molar-refractivity contribution in [2.75, 3.05) is 23.4 Å². The maximum atomic E-state index is 12.9. The van der Waals surface area contributed by atoms with Crippen LogP contribution < -0.4 is 4.31 Å². The first-order valence-electron chi connectivity index (χ1n) is 9.00. The van der Waals surface area contributed by atoms with Gasteiger partial charge >= 0.3 is 0 Å². The van der Waals surface area contributed by atoms with E-state index in [1.807, 2.05) is 26.0 Å². The fourth-order valence-corrected chi connectivity index (χ4v) is 5.13. The van der Waals surface area contributed by atoms with Gasteiger partial charge in [0.25, 0.3) is 0 Å². The minimum atomic E-state index is -3.65. The number of benzene rings is 1. The summed E-state index contributed by atoms with van der Waals surface area (Å²) < 4.78 is 32.8. The van der Waals surface area contributed by atoms with E-state index in [0.29, 0.717) is 17.6 Å². The summed E-state index contributed by atoms with van der Waals surface area (Å²) in [6.07, 6.45) is 0. The van der Waals surface area contributed by atoms with E-state index >= 15 is 0 Å². The van der Waals surface area contributed by atoms with Gasteiger partial charge in [-0.15, -0.1) is 0 Å². The van der Waals surface area contributed by atoms with Crippen LogP contribution in [0, 0.1) is 5.92 Å². The van der Waals surface area contributed by atoms with Crippen molar-refractivity contribution >= 4 is 46.5 Å². The first kappa shape index (κ1) is 22.1. The summed E-state index contributed by atoms with van der Waals surface area (Å²) in [5, 5.41) is 0.0508. The van der Waals surface area contributed by atoms with Crippen LogP contribution in [0.15, 0.2) is 24.3 Å². The lowest BCUT2D eigenvalue weighted by atomic mass is 10.3. The number of sulfonamides is 1. The Labute approximate surface area is 168 Å². The van der Waals surface area contributed by atoms with E-state index in [1.165, 1.54) is 0 Å². The van der Waals surface area contributed by atoms with E-state index in [-0.39, 0.29) is 29.4 Å². The third-order valence-corrected chi connectivity index (χ3v) is 7.83. The topological polar surface area (TPSA) is 72.4 Å². The van der Waals surface area contributed by atoms with Gasteiger partial charge < -0.3 is 4.74 Å². The van der Waals surface area contributed by atoms with E-state index in [9.17, 15) is 8.42 Å². The number of nitrogens with zero attached hydrogens (tertiary/aromatic N) is 3. The molecule has 0 atom stereocenters. The van der Waals surface area contributed by atoms with Crippen molar-refractivity contribution in [1.82, 2.24) is 9.97 Å². The van der Waals surface area contributed by atoms with Crippen LogP contribution in [0.2, 0.25) is 30.8 Å². The molecule has 0 aliphatic heterocycles. The monoisotopic (exact) mass is 429 g/mol. The summed E-state index contributed by atoms with van der Waals surface area (Å²) in [7, 11) is -4.92. The molecular weight excluding hydrogens is 402 g/mol. The molecule has 0 fully saturated rings. The van der Waals surface area contributed by atoms with Gasteiger partial charge in [-0.05, 0) is 24.1 Å². The maximum Gasteiger partial charge on any atom is 0.238 e. The van der Waals surface area contributed by atoms with Crippen molar-refractivity contribution in [2.24, 2.45) is 5.92 Å². The molecule has 27 heavy (non-hydrogen) atoms. The summed E-state index contributed by atoms with van der Waals surface area (Å²) in [6, 6.07) is 8.17. The minimum absolute atomic E-state index is 0.0186. The van der Waals surface area contributed by atoms with Crippen LogP contribution in [0.5, 0.6) is 0 Å². The fraction of sp³-hybridized carbons (Fsp3) is 0.556. The SMILES string of the molecule is CC(C)CS(=O)(=O)N(COCC[Si](C)(C)C)c1nc2ccccc2nc1Cl. The Balaban J connectivity index is 2.35. The van der Waals surface area contributed by atoms with Crippen molar-refractivity contribution in [1.29, 1.82) is 0 Å². The third-order valence-electron chi connectivity index (χ3n) is 3.83. The molecule has 0 saturated heterocycles. The van der Waals surface area contributed by atoms with Gasteiger partial charge in [0.15, 0.2) is 11.0 Å². The lowest BCUT2D eigenvalue weighted by molar-refractivity contribution is 0.156. The largest absolute Gasteiger partial charge is 0.360 e. The maximum absolute atomic E-state index is 12.9. The molecule has 0 unspecified atom stereocenters. The Hall–Kier alpha value is -1.22. The molecule has 0 aliphatic rings. The van der Waals surface area contributed by atoms with Gasteiger partial charge in [-0.25, -0.2) is 22.7 Å². The van der Waals surface area contributed by atoms with Crippen LogP contribution in [0.4, 0.5) is 5.82 Å². The highest BCUT2D eigenvalue weighted by Gasteiger charge is 2.28. The quantitative estimate of drug-likeness (QED) is 0.336. The van der Waals surface area contributed by atoms with Gasteiger partial charge in [0.2, 0.25) is 10.0 Å². The predicted molar refractivity (Wildman–Crippen MR) is 115 cm³/mol. The molecule has 0 bridgehead atoms. The minimum Gasteiger partial charge on any atom is -0.360 e. The molecule has 9 heteroatoms. The molecular formula is C18H28ClN3O3SSi. The van der Waals surface area contributed by atoms with Crippen molar-refractivity contribution in [3.63, 3.8) is 0 Å². The molecule has 1 aromatic carbocycles. The molecule has 2 rings (SSSR count). The second-order valence-electron chi connectivity index (χ2n) is 8.20. The molecule has 1 aromatic heterocycles. The second kappa shape index (κ2) is 8.85. The second-order valence-corrected chi connectivity index (χ2v) is 16.1. The molecule has 6 nitrogen and oxygen atoms in total. The zero-order chi connectivity index (χ0) is 20.2. The summed E-state index contributed by atoms with van der Waals surface area (Å²) >= 11 is 6.30. The van der Waals surface area contributed by atoms with Crippen molar-refractivity contribution < 1.29 is 13.2 Å². The molecule has 0 aliphatic carbocycles. The van der Waals surface area contributed by atoms with Crippen LogP contribution in [-0.4, -0.2) is 45.6 Å². The van der Waals surface area contributed by atoms with Gasteiger partial charge in [0, 0.05) is 14.7 Å². The van der Waals surface area contributed by atoms with Crippen molar-refractivity contribution in [3.05, 3.63) is 29.4 Å². The van der Waals surface area contributed by atoms with E-state index < -0.39 is 18.1 Å². The number of rotatable bonds is 9. The normalized spacial score (nSPS) is 12.7. The van der Waals surface area contributed by atoms with E-state index in [4.69, 9.17) is 16.3 Å². The number of anilines is 1. The Bertz CT molecular complexity index is 885. The summed E-state index contributed by atoms with van der Waals surface area (Å²) in [6.45, 7) is 10.8. The molecule has 0 spiro atoms. The lowest BCUT2D eigenvalue weighted by Crippen LogP contribution is -2.38. The first-order chi connectivity index (χ1) is 12.5. The Morgan fingerprint density at radius 1 is 1.15 bits per heavy atom. The van der Waals surface area contributed by atoms with Crippen molar-refractivity contribution in [3.8, 4) is 0 Å². The Morgan fingerprint density at radius 3 is 2.30 bits per heavy atom. The third kappa shape index (κ3) is 6.41. The first-order valence-corrected chi connectivity index (χ1v) is 14.7. The van der Waals surface area contributed by atoms with Crippen LogP contribution in [-0.2, 0) is 14.8 Å². The fourth-order valence-electron chi connectivity index (χ4n) is 2.44. The summed E-state index contributed by atoms with van der Waals surface area (Å²) in [5.41, 5.74) is 1.20.